The van der Waals surface area contributed by atoms with Crippen molar-refractivity contribution in [2.45, 2.75) is 20.3 Å². The summed E-state index contributed by atoms with van der Waals surface area (Å²) >= 11 is 8.63. The van der Waals surface area contributed by atoms with Crippen LogP contribution in [0.25, 0.3) is 11.3 Å². The van der Waals surface area contributed by atoms with Gasteiger partial charge >= 0.3 is 0 Å². The van der Waals surface area contributed by atoms with Gasteiger partial charge in [-0.3, -0.25) is 9.59 Å². The molecule has 3 rings (SSSR count). The lowest BCUT2D eigenvalue weighted by Gasteiger charge is -2.35. The number of carbonyl (C=O) groups is 2. The van der Waals surface area contributed by atoms with Crippen molar-refractivity contribution in [1.82, 2.24) is 9.88 Å². The van der Waals surface area contributed by atoms with Crippen LogP contribution in [0.15, 0.2) is 29.6 Å². The lowest BCUT2D eigenvalue weighted by Crippen LogP contribution is -2.43. The topological polar surface area (TPSA) is 62.3 Å². The third-order valence-corrected chi connectivity index (χ3v) is 6.50. The number of likely N-dealkylation sites (tertiary alicyclic amines) is 1. The molecule has 28 heavy (non-hydrogen) atoms. The molecule has 0 radical (unpaired) electrons. The molecule has 2 aromatic rings. The number of hydrogen-bond acceptors (Lipinski definition) is 5. The Kier molecular flexibility index (Phi) is 7.37. The zero-order valence-electron chi connectivity index (χ0n) is 16.0. The Morgan fingerprint density at radius 2 is 1.89 bits per heavy atom. The number of carbonyl (C=O) groups excluding carboxylic acids is 2. The molecule has 0 spiro atoms. The fourth-order valence-electron chi connectivity index (χ4n) is 3.43. The van der Waals surface area contributed by atoms with Crippen molar-refractivity contribution in [3.8, 4) is 11.3 Å². The number of piperidine rings is 1. The molecule has 1 aliphatic heterocycles. The normalized spacial score (nSPS) is 19.5. The SMILES string of the molecule is CC1CC(C)CN(C(=O)CSCC(=O)Nc2nc(-c3ccc(Cl)cc3)cs2)C1. The summed E-state index contributed by atoms with van der Waals surface area (Å²) in [7, 11) is 0. The van der Waals surface area contributed by atoms with E-state index < -0.39 is 0 Å². The first-order valence-corrected chi connectivity index (χ1v) is 11.7. The minimum absolute atomic E-state index is 0.121. The first-order chi connectivity index (χ1) is 13.4. The highest BCUT2D eigenvalue weighted by Gasteiger charge is 2.25. The summed E-state index contributed by atoms with van der Waals surface area (Å²) in [5, 5.41) is 5.93. The maximum atomic E-state index is 12.4. The van der Waals surface area contributed by atoms with Gasteiger partial charge in [-0.25, -0.2) is 4.98 Å². The van der Waals surface area contributed by atoms with Crippen molar-refractivity contribution in [1.29, 1.82) is 0 Å². The van der Waals surface area contributed by atoms with Crippen LogP contribution in [0, 0.1) is 11.8 Å². The highest BCUT2D eigenvalue weighted by atomic mass is 35.5. The molecule has 8 heteroatoms. The minimum atomic E-state index is -0.143. The van der Waals surface area contributed by atoms with Gasteiger partial charge in [0, 0.05) is 29.1 Å². The quantitative estimate of drug-likeness (QED) is 0.715. The maximum Gasteiger partial charge on any atom is 0.236 e. The van der Waals surface area contributed by atoms with Crippen LogP contribution in [0.3, 0.4) is 0 Å². The van der Waals surface area contributed by atoms with Crippen LogP contribution in [0.4, 0.5) is 5.13 Å². The lowest BCUT2D eigenvalue weighted by atomic mass is 9.92. The van der Waals surface area contributed by atoms with Crippen LogP contribution in [-0.2, 0) is 9.59 Å². The second kappa shape index (κ2) is 9.76. The average Bonchev–Trinajstić information content (AvgIpc) is 3.09. The monoisotopic (exact) mass is 437 g/mol. The number of halogens is 1. The summed E-state index contributed by atoms with van der Waals surface area (Å²) < 4.78 is 0. The van der Waals surface area contributed by atoms with E-state index in [1.165, 1.54) is 29.5 Å². The Morgan fingerprint density at radius 3 is 2.57 bits per heavy atom. The van der Waals surface area contributed by atoms with E-state index in [1.807, 2.05) is 34.5 Å². The van der Waals surface area contributed by atoms with Gasteiger partial charge in [0.1, 0.15) is 0 Å². The van der Waals surface area contributed by atoms with Crippen LogP contribution in [-0.4, -0.2) is 46.3 Å². The molecule has 5 nitrogen and oxygen atoms in total. The Bertz CT molecular complexity index is 815. The molecule has 0 bridgehead atoms. The van der Waals surface area contributed by atoms with E-state index in [-0.39, 0.29) is 17.6 Å². The van der Waals surface area contributed by atoms with Crippen molar-refractivity contribution in [2.24, 2.45) is 11.8 Å². The Morgan fingerprint density at radius 1 is 1.21 bits per heavy atom. The first kappa shape index (κ1) is 21.1. The Hall–Kier alpha value is -1.57. The summed E-state index contributed by atoms with van der Waals surface area (Å²) in [5.41, 5.74) is 1.75. The standard InChI is InChI=1S/C20H24ClN3O2S2/c1-13-7-14(2)9-24(8-13)19(26)12-27-11-18(25)23-20-22-17(10-28-20)15-3-5-16(21)6-4-15/h3-6,10,13-14H,7-9,11-12H2,1-2H3,(H,22,23,25). The van der Waals surface area contributed by atoms with Gasteiger partial charge in [-0.05, 0) is 30.4 Å². The van der Waals surface area contributed by atoms with Gasteiger partial charge < -0.3 is 10.2 Å². The molecule has 0 saturated carbocycles. The van der Waals surface area contributed by atoms with E-state index in [0.717, 1.165) is 24.3 Å². The van der Waals surface area contributed by atoms with Crippen LogP contribution < -0.4 is 5.32 Å². The molecule has 1 aliphatic rings. The molecule has 2 atom stereocenters. The van der Waals surface area contributed by atoms with Crippen LogP contribution in [0.2, 0.25) is 5.02 Å². The predicted molar refractivity (Wildman–Crippen MR) is 118 cm³/mol. The maximum absolute atomic E-state index is 12.4. The Labute approximate surface area is 178 Å². The lowest BCUT2D eigenvalue weighted by molar-refractivity contribution is -0.130. The van der Waals surface area contributed by atoms with Gasteiger partial charge in [0.2, 0.25) is 11.8 Å². The number of anilines is 1. The highest BCUT2D eigenvalue weighted by Crippen LogP contribution is 2.26. The third kappa shape index (κ3) is 5.96. The third-order valence-electron chi connectivity index (χ3n) is 4.57. The molecule has 1 aromatic carbocycles. The smallest absolute Gasteiger partial charge is 0.236 e. The summed E-state index contributed by atoms with van der Waals surface area (Å²) in [5.74, 6) is 1.63. The molecule has 2 heterocycles. The molecule has 2 unspecified atom stereocenters. The fraction of sp³-hybridized carbons (Fsp3) is 0.450. The zero-order chi connectivity index (χ0) is 20.1. The van der Waals surface area contributed by atoms with E-state index >= 15 is 0 Å². The second-order valence-corrected chi connectivity index (χ2v) is 9.61. The molecule has 1 fully saturated rings. The molecular formula is C20H24ClN3O2S2. The van der Waals surface area contributed by atoms with E-state index in [2.05, 4.69) is 24.1 Å². The van der Waals surface area contributed by atoms with Crippen molar-refractivity contribution in [3.63, 3.8) is 0 Å². The van der Waals surface area contributed by atoms with Gasteiger partial charge in [0.05, 0.1) is 17.2 Å². The van der Waals surface area contributed by atoms with E-state index in [0.29, 0.717) is 27.7 Å². The van der Waals surface area contributed by atoms with Crippen LogP contribution in [0.5, 0.6) is 0 Å². The number of rotatable bonds is 6. The van der Waals surface area contributed by atoms with Crippen molar-refractivity contribution < 1.29 is 9.59 Å². The number of hydrogen-bond donors (Lipinski definition) is 1. The van der Waals surface area contributed by atoms with Crippen LogP contribution >= 0.6 is 34.7 Å². The van der Waals surface area contributed by atoms with Gasteiger partial charge in [-0.1, -0.05) is 37.6 Å². The first-order valence-electron chi connectivity index (χ1n) is 9.27. The number of benzene rings is 1. The van der Waals surface area contributed by atoms with Crippen molar-refractivity contribution >= 4 is 51.6 Å². The largest absolute Gasteiger partial charge is 0.341 e. The molecule has 1 saturated heterocycles. The molecule has 1 aromatic heterocycles. The molecule has 1 N–H and O–H groups in total. The second-order valence-electron chi connectivity index (χ2n) is 7.33. The number of nitrogens with zero attached hydrogens (tertiary/aromatic N) is 2. The number of thiazole rings is 1. The summed E-state index contributed by atoms with van der Waals surface area (Å²) in [4.78, 5) is 30.9. The van der Waals surface area contributed by atoms with Gasteiger partial charge in [0.25, 0.3) is 0 Å². The van der Waals surface area contributed by atoms with Gasteiger partial charge in [-0.2, -0.15) is 0 Å². The highest BCUT2D eigenvalue weighted by molar-refractivity contribution is 8.00. The predicted octanol–water partition coefficient (Wildman–Crippen LogP) is 4.64. The molecule has 150 valence electrons. The molecular weight excluding hydrogens is 414 g/mol. The average molecular weight is 438 g/mol. The summed E-state index contributed by atoms with van der Waals surface area (Å²) in [6, 6.07) is 7.41. The minimum Gasteiger partial charge on any atom is -0.341 e. The zero-order valence-corrected chi connectivity index (χ0v) is 18.4. The van der Waals surface area contributed by atoms with E-state index in [1.54, 1.807) is 0 Å². The van der Waals surface area contributed by atoms with Gasteiger partial charge in [0.15, 0.2) is 5.13 Å². The van der Waals surface area contributed by atoms with E-state index in [9.17, 15) is 9.59 Å². The number of thioether (sulfide) groups is 1. The number of amides is 2. The molecule has 2 amide bonds. The number of nitrogens with one attached hydrogen (secondary N) is 1. The van der Waals surface area contributed by atoms with Gasteiger partial charge in [-0.15, -0.1) is 23.1 Å². The fourth-order valence-corrected chi connectivity index (χ4v) is 5.01. The summed E-state index contributed by atoms with van der Waals surface area (Å²) in [6.07, 6.45) is 1.17. The van der Waals surface area contributed by atoms with Crippen molar-refractivity contribution in [2.75, 3.05) is 29.9 Å². The summed E-state index contributed by atoms with van der Waals surface area (Å²) in [6.45, 7) is 6.01. The Balaban J connectivity index is 1.43. The number of aromatic nitrogens is 1. The van der Waals surface area contributed by atoms with E-state index in [4.69, 9.17) is 11.6 Å². The van der Waals surface area contributed by atoms with Crippen molar-refractivity contribution in [3.05, 3.63) is 34.7 Å². The molecule has 0 aliphatic carbocycles. The van der Waals surface area contributed by atoms with Crippen LogP contribution in [0.1, 0.15) is 20.3 Å².